The number of amides is 1. The van der Waals surface area contributed by atoms with E-state index in [4.69, 9.17) is 10.5 Å². The normalized spacial score (nSPS) is 19.7. The van der Waals surface area contributed by atoms with E-state index in [9.17, 15) is 9.90 Å². The van der Waals surface area contributed by atoms with Crippen LogP contribution in [0.15, 0.2) is 30.3 Å². The number of rotatable bonds is 4. The summed E-state index contributed by atoms with van der Waals surface area (Å²) in [7, 11) is 0. The Morgan fingerprint density at radius 2 is 2.00 bits per heavy atom. The molecular formula is C14H20N2O3. The van der Waals surface area contributed by atoms with Crippen LogP contribution in [0, 0.1) is 0 Å². The minimum absolute atomic E-state index is 0.0936. The fourth-order valence-corrected chi connectivity index (χ4v) is 2.24. The highest BCUT2D eigenvalue weighted by Crippen LogP contribution is 2.21. The largest absolute Gasteiger partial charge is 0.394 e. The number of carbonyl (C=O) groups excluding carboxylic acids is 1. The number of aliphatic hydroxyl groups excluding tert-OH is 1. The maximum atomic E-state index is 12.2. The van der Waals surface area contributed by atoms with E-state index < -0.39 is 11.6 Å². The number of hydrogen-bond acceptors (Lipinski definition) is 4. The van der Waals surface area contributed by atoms with Crippen molar-refractivity contribution >= 4 is 5.91 Å². The third kappa shape index (κ3) is 3.32. The zero-order valence-electron chi connectivity index (χ0n) is 10.8. The minimum atomic E-state index is -0.715. The van der Waals surface area contributed by atoms with Crippen LogP contribution in [0.25, 0.3) is 0 Å². The molecule has 0 unspecified atom stereocenters. The summed E-state index contributed by atoms with van der Waals surface area (Å²) in [5.74, 6) is -0.262. The Labute approximate surface area is 112 Å². The lowest BCUT2D eigenvalue weighted by molar-refractivity contribution is -0.126. The van der Waals surface area contributed by atoms with Crippen molar-refractivity contribution in [2.24, 2.45) is 5.73 Å². The number of aliphatic hydroxyl groups is 1. The van der Waals surface area contributed by atoms with Crippen LogP contribution >= 0.6 is 0 Å². The summed E-state index contributed by atoms with van der Waals surface area (Å²) in [4.78, 5) is 12.2. The number of nitrogens with one attached hydrogen (secondary N) is 1. The lowest BCUT2D eigenvalue weighted by atomic mass is 9.90. The predicted octanol–water partition coefficient (Wildman–Crippen LogP) is 0.344. The third-order valence-electron chi connectivity index (χ3n) is 3.58. The first-order valence-corrected chi connectivity index (χ1v) is 6.48. The molecule has 19 heavy (non-hydrogen) atoms. The van der Waals surface area contributed by atoms with E-state index in [1.807, 2.05) is 30.3 Å². The van der Waals surface area contributed by atoms with Gasteiger partial charge in [0.25, 0.3) is 0 Å². The van der Waals surface area contributed by atoms with Crippen molar-refractivity contribution in [3.63, 3.8) is 0 Å². The Morgan fingerprint density at radius 1 is 1.37 bits per heavy atom. The van der Waals surface area contributed by atoms with Gasteiger partial charge in [0, 0.05) is 13.2 Å². The molecule has 1 amide bonds. The first-order chi connectivity index (χ1) is 9.17. The fraction of sp³-hybridized carbons (Fsp3) is 0.500. The van der Waals surface area contributed by atoms with E-state index in [-0.39, 0.29) is 12.5 Å². The Balaban J connectivity index is 2.03. The molecule has 1 aliphatic rings. The van der Waals surface area contributed by atoms with Crippen LogP contribution in [-0.4, -0.2) is 36.4 Å². The van der Waals surface area contributed by atoms with Crippen molar-refractivity contribution in [3.8, 4) is 0 Å². The standard InChI is InChI=1S/C14H20N2O3/c15-12(11-4-2-1-3-5-11)13(18)16-14(10-17)6-8-19-9-7-14/h1-5,12,17H,6-10,15H2,(H,16,18)/t12-/m0/s1. The second kappa shape index (κ2) is 6.14. The quantitative estimate of drug-likeness (QED) is 0.732. The van der Waals surface area contributed by atoms with Crippen LogP contribution in [0.2, 0.25) is 0 Å². The van der Waals surface area contributed by atoms with Crippen molar-refractivity contribution < 1.29 is 14.6 Å². The molecule has 0 spiro atoms. The highest BCUT2D eigenvalue weighted by molar-refractivity contribution is 5.83. The number of carbonyl (C=O) groups is 1. The number of benzene rings is 1. The van der Waals surface area contributed by atoms with Crippen LogP contribution in [-0.2, 0) is 9.53 Å². The summed E-state index contributed by atoms with van der Waals surface area (Å²) in [6, 6.07) is 8.49. The maximum absolute atomic E-state index is 12.2. The molecule has 0 bridgehead atoms. The van der Waals surface area contributed by atoms with Gasteiger partial charge in [0.15, 0.2) is 0 Å². The molecular weight excluding hydrogens is 244 g/mol. The van der Waals surface area contributed by atoms with Gasteiger partial charge in [0.2, 0.25) is 5.91 Å². The topological polar surface area (TPSA) is 84.6 Å². The van der Waals surface area contributed by atoms with Gasteiger partial charge in [-0.05, 0) is 18.4 Å². The number of ether oxygens (including phenoxy) is 1. The molecule has 1 heterocycles. The highest BCUT2D eigenvalue weighted by Gasteiger charge is 2.34. The lowest BCUT2D eigenvalue weighted by Crippen LogP contribution is -2.56. The molecule has 0 aliphatic carbocycles. The smallest absolute Gasteiger partial charge is 0.242 e. The second-order valence-electron chi connectivity index (χ2n) is 4.93. The molecule has 1 fully saturated rings. The summed E-state index contributed by atoms with van der Waals surface area (Å²) in [5, 5.41) is 12.4. The average Bonchev–Trinajstić information content (AvgIpc) is 2.48. The summed E-state index contributed by atoms with van der Waals surface area (Å²) >= 11 is 0. The van der Waals surface area contributed by atoms with Gasteiger partial charge in [0.1, 0.15) is 6.04 Å². The van der Waals surface area contributed by atoms with Crippen molar-refractivity contribution in [2.45, 2.75) is 24.4 Å². The molecule has 0 aromatic heterocycles. The highest BCUT2D eigenvalue weighted by atomic mass is 16.5. The summed E-state index contributed by atoms with van der Waals surface area (Å²) in [6.07, 6.45) is 1.22. The summed E-state index contributed by atoms with van der Waals surface area (Å²) in [6.45, 7) is 0.992. The van der Waals surface area contributed by atoms with Crippen LogP contribution < -0.4 is 11.1 Å². The van der Waals surface area contributed by atoms with E-state index in [2.05, 4.69) is 5.32 Å². The fourth-order valence-electron chi connectivity index (χ4n) is 2.24. The van der Waals surface area contributed by atoms with E-state index in [0.717, 1.165) is 5.56 Å². The van der Waals surface area contributed by atoms with Gasteiger partial charge in [-0.25, -0.2) is 0 Å². The summed E-state index contributed by atoms with van der Waals surface area (Å²) < 4.78 is 5.26. The van der Waals surface area contributed by atoms with Crippen LogP contribution in [0.3, 0.4) is 0 Å². The van der Waals surface area contributed by atoms with E-state index in [0.29, 0.717) is 26.1 Å². The van der Waals surface area contributed by atoms with Gasteiger partial charge < -0.3 is 20.9 Å². The van der Waals surface area contributed by atoms with E-state index in [1.165, 1.54) is 0 Å². The Morgan fingerprint density at radius 3 is 2.58 bits per heavy atom. The molecule has 1 saturated heterocycles. The molecule has 1 aromatic rings. The van der Waals surface area contributed by atoms with Gasteiger partial charge in [-0.3, -0.25) is 4.79 Å². The van der Waals surface area contributed by atoms with E-state index in [1.54, 1.807) is 0 Å². The molecule has 0 saturated carbocycles. The summed E-state index contributed by atoms with van der Waals surface area (Å²) in [5.41, 5.74) is 6.11. The predicted molar refractivity (Wildman–Crippen MR) is 71.4 cm³/mol. The average molecular weight is 264 g/mol. The zero-order chi connectivity index (χ0) is 13.7. The number of nitrogens with two attached hydrogens (primary N) is 1. The van der Waals surface area contributed by atoms with Gasteiger partial charge in [-0.2, -0.15) is 0 Å². The van der Waals surface area contributed by atoms with Crippen LogP contribution in [0.5, 0.6) is 0 Å². The first-order valence-electron chi connectivity index (χ1n) is 6.48. The lowest BCUT2D eigenvalue weighted by Gasteiger charge is -2.37. The Hall–Kier alpha value is -1.43. The molecule has 5 nitrogen and oxygen atoms in total. The molecule has 1 atom stereocenters. The molecule has 4 N–H and O–H groups in total. The number of hydrogen-bond donors (Lipinski definition) is 3. The van der Waals surface area contributed by atoms with Gasteiger partial charge in [-0.1, -0.05) is 30.3 Å². The molecule has 5 heteroatoms. The molecule has 0 radical (unpaired) electrons. The van der Waals surface area contributed by atoms with Crippen LogP contribution in [0.1, 0.15) is 24.4 Å². The van der Waals surface area contributed by atoms with Crippen molar-refractivity contribution in [3.05, 3.63) is 35.9 Å². The van der Waals surface area contributed by atoms with E-state index >= 15 is 0 Å². The molecule has 2 rings (SSSR count). The molecule has 1 aromatic carbocycles. The van der Waals surface area contributed by atoms with Crippen molar-refractivity contribution in [1.82, 2.24) is 5.32 Å². The van der Waals surface area contributed by atoms with Gasteiger partial charge in [-0.15, -0.1) is 0 Å². The minimum Gasteiger partial charge on any atom is -0.394 e. The van der Waals surface area contributed by atoms with Crippen molar-refractivity contribution in [2.75, 3.05) is 19.8 Å². The Kier molecular flexibility index (Phi) is 4.52. The van der Waals surface area contributed by atoms with Crippen LogP contribution in [0.4, 0.5) is 0 Å². The third-order valence-corrected chi connectivity index (χ3v) is 3.58. The van der Waals surface area contributed by atoms with Gasteiger partial charge >= 0.3 is 0 Å². The SMILES string of the molecule is N[C@H](C(=O)NC1(CO)CCOCC1)c1ccccc1. The first kappa shape index (κ1) is 14.0. The Bertz CT molecular complexity index is 416. The monoisotopic (exact) mass is 264 g/mol. The van der Waals surface area contributed by atoms with Gasteiger partial charge in [0.05, 0.1) is 12.1 Å². The van der Waals surface area contributed by atoms with Crippen molar-refractivity contribution in [1.29, 1.82) is 0 Å². The molecule has 1 aliphatic heterocycles. The second-order valence-corrected chi connectivity index (χ2v) is 4.93. The maximum Gasteiger partial charge on any atom is 0.242 e. The molecule has 104 valence electrons. The zero-order valence-corrected chi connectivity index (χ0v) is 10.8.